The van der Waals surface area contributed by atoms with Gasteiger partial charge in [-0.3, -0.25) is 4.79 Å². The third-order valence-electron chi connectivity index (χ3n) is 3.76. The van der Waals surface area contributed by atoms with Gasteiger partial charge in [-0.1, -0.05) is 12.8 Å². The third kappa shape index (κ3) is 3.11. The Morgan fingerprint density at radius 3 is 2.24 bits per heavy atom. The molecule has 0 aromatic heterocycles. The molecule has 2 fully saturated rings. The standard InChI is InChI=1S/C12H20N2O3/c15-11(16)8-14(10-6-1-2-7-10)12(17)13-9-4-3-5-9/h9-10H,1-8H2,(H,13,17)(H,15,16). The van der Waals surface area contributed by atoms with Crippen LogP contribution in [0.3, 0.4) is 0 Å². The summed E-state index contributed by atoms with van der Waals surface area (Å²) < 4.78 is 0. The Bertz CT molecular complexity index is 296. The summed E-state index contributed by atoms with van der Waals surface area (Å²) in [5.74, 6) is -0.930. The van der Waals surface area contributed by atoms with Gasteiger partial charge < -0.3 is 15.3 Å². The molecule has 17 heavy (non-hydrogen) atoms. The smallest absolute Gasteiger partial charge is 0.323 e. The molecule has 0 radical (unpaired) electrons. The maximum Gasteiger partial charge on any atom is 0.323 e. The minimum Gasteiger partial charge on any atom is -0.480 e. The molecule has 0 saturated heterocycles. The topological polar surface area (TPSA) is 69.6 Å². The number of carbonyl (C=O) groups excluding carboxylic acids is 1. The van der Waals surface area contributed by atoms with Gasteiger partial charge in [-0.15, -0.1) is 0 Å². The fraction of sp³-hybridized carbons (Fsp3) is 0.833. The SMILES string of the molecule is O=C(O)CN(C(=O)NC1CCC1)C1CCCC1. The molecular weight excluding hydrogens is 220 g/mol. The molecule has 0 heterocycles. The van der Waals surface area contributed by atoms with Crippen molar-refractivity contribution in [1.82, 2.24) is 10.2 Å². The van der Waals surface area contributed by atoms with E-state index < -0.39 is 5.97 Å². The van der Waals surface area contributed by atoms with E-state index in [1.54, 1.807) is 0 Å². The zero-order valence-electron chi connectivity index (χ0n) is 10.0. The molecule has 0 aliphatic heterocycles. The van der Waals surface area contributed by atoms with Gasteiger partial charge in [0.2, 0.25) is 0 Å². The largest absolute Gasteiger partial charge is 0.480 e. The first-order valence-electron chi connectivity index (χ1n) is 6.46. The molecule has 0 bridgehead atoms. The molecule has 2 rings (SSSR count). The van der Waals surface area contributed by atoms with E-state index in [1.807, 2.05) is 0 Å². The van der Waals surface area contributed by atoms with Gasteiger partial charge in [0, 0.05) is 12.1 Å². The molecule has 0 aromatic rings. The van der Waals surface area contributed by atoms with E-state index in [0.717, 1.165) is 44.9 Å². The van der Waals surface area contributed by atoms with E-state index in [9.17, 15) is 9.59 Å². The lowest BCUT2D eigenvalue weighted by Crippen LogP contribution is -2.51. The predicted molar refractivity (Wildman–Crippen MR) is 62.8 cm³/mol. The highest BCUT2D eigenvalue weighted by atomic mass is 16.4. The number of nitrogens with zero attached hydrogens (tertiary/aromatic N) is 1. The van der Waals surface area contributed by atoms with Crippen molar-refractivity contribution in [1.29, 1.82) is 0 Å². The zero-order valence-corrected chi connectivity index (χ0v) is 10.0. The van der Waals surface area contributed by atoms with Crippen LogP contribution >= 0.6 is 0 Å². The van der Waals surface area contributed by atoms with Gasteiger partial charge in [-0.05, 0) is 32.1 Å². The normalized spacial score (nSPS) is 20.9. The number of carbonyl (C=O) groups is 2. The first-order chi connectivity index (χ1) is 8.16. The van der Waals surface area contributed by atoms with Gasteiger partial charge in [0.05, 0.1) is 0 Å². The lowest BCUT2D eigenvalue weighted by atomic mass is 9.93. The van der Waals surface area contributed by atoms with Crippen LogP contribution < -0.4 is 5.32 Å². The van der Waals surface area contributed by atoms with E-state index in [0.29, 0.717) is 0 Å². The summed E-state index contributed by atoms with van der Waals surface area (Å²) in [6.45, 7) is -0.177. The zero-order chi connectivity index (χ0) is 12.3. The van der Waals surface area contributed by atoms with Crippen molar-refractivity contribution < 1.29 is 14.7 Å². The van der Waals surface area contributed by atoms with Crippen molar-refractivity contribution in [3.8, 4) is 0 Å². The Hall–Kier alpha value is -1.26. The highest BCUT2D eigenvalue weighted by Gasteiger charge is 2.30. The number of aliphatic carboxylic acids is 1. The molecule has 2 saturated carbocycles. The molecule has 2 N–H and O–H groups in total. The number of hydrogen-bond acceptors (Lipinski definition) is 2. The number of rotatable bonds is 4. The molecule has 0 spiro atoms. The summed E-state index contributed by atoms with van der Waals surface area (Å²) in [6, 6.07) is 0.190. The summed E-state index contributed by atoms with van der Waals surface area (Å²) in [7, 11) is 0. The van der Waals surface area contributed by atoms with Crippen molar-refractivity contribution in [2.45, 2.75) is 57.0 Å². The molecule has 96 valence electrons. The van der Waals surface area contributed by atoms with E-state index in [1.165, 1.54) is 4.90 Å². The molecule has 5 heteroatoms. The third-order valence-corrected chi connectivity index (χ3v) is 3.76. The number of carboxylic acid groups (broad SMARTS) is 1. The monoisotopic (exact) mass is 240 g/mol. The van der Waals surface area contributed by atoms with Crippen molar-refractivity contribution in [3.05, 3.63) is 0 Å². The highest BCUT2D eigenvalue weighted by Crippen LogP contribution is 2.24. The van der Waals surface area contributed by atoms with Crippen molar-refractivity contribution >= 4 is 12.0 Å². The van der Waals surface area contributed by atoms with Crippen LogP contribution in [0.1, 0.15) is 44.9 Å². The van der Waals surface area contributed by atoms with Gasteiger partial charge in [-0.2, -0.15) is 0 Å². The number of nitrogens with one attached hydrogen (secondary N) is 1. The number of carboxylic acids is 1. The second-order valence-corrected chi connectivity index (χ2v) is 5.04. The Labute approximate surface area is 101 Å². The fourth-order valence-corrected chi connectivity index (χ4v) is 2.54. The average Bonchev–Trinajstić information content (AvgIpc) is 2.72. The maximum absolute atomic E-state index is 12.0. The molecule has 0 aromatic carbocycles. The second kappa shape index (κ2) is 5.38. The number of hydrogen-bond donors (Lipinski definition) is 2. The van der Waals surface area contributed by atoms with Crippen molar-refractivity contribution in [2.75, 3.05) is 6.54 Å². The van der Waals surface area contributed by atoms with Crippen LogP contribution in [0.25, 0.3) is 0 Å². The summed E-state index contributed by atoms with van der Waals surface area (Å²) in [4.78, 5) is 24.3. The molecule has 2 aliphatic carbocycles. The van der Waals surface area contributed by atoms with Gasteiger partial charge in [0.25, 0.3) is 0 Å². The summed E-state index contributed by atoms with van der Waals surface area (Å²) in [5.41, 5.74) is 0. The van der Waals surface area contributed by atoms with Crippen LogP contribution in [0, 0.1) is 0 Å². The number of urea groups is 1. The van der Waals surface area contributed by atoms with E-state index >= 15 is 0 Å². The molecule has 2 amide bonds. The molecular formula is C12H20N2O3. The first-order valence-corrected chi connectivity index (χ1v) is 6.46. The van der Waals surface area contributed by atoms with Crippen LogP contribution in [0.2, 0.25) is 0 Å². The van der Waals surface area contributed by atoms with E-state index in [-0.39, 0.29) is 24.7 Å². The summed E-state index contributed by atoms with van der Waals surface area (Å²) >= 11 is 0. The lowest BCUT2D eigenvalue weighted by molar-refractivity contribution is -0.138. The van der Waals surface area contributed by atoms with Crippen LogP contribution in [0.5, 0.6) is 0 Å². The predicted octanol–water partition coefficient (Wildman–Crippen LogP) is 1.58. The average molecular weight is 240 g/mol. The Morgan fingerprint density at radius 2 is 1.76 bits per heavy atom. The lowest BCUT2D eigenvalue weighted by Gasteiger charge is -2.32. The molecule has 0 unspecified atom stereocenters. The molecule has 2 aliphatic rings. The van der Waals surface area contributed by atoms with Crippen LogP contribution in [-0.4, -0.2) is 40.6 Å². The fourth-order valence-electron chi connectivity index (χ4n) is 2.54. The minimum absolute atomic E-state index is 0.117. The second-order valence-electron chi connectivity index (χ2n) is 5.04. The molecule has 0 atom stereocenters. The Kier molecular flexibility index (Phi) is 3.86. The summed E-state index contributed by atoms with van der Waals surface area (Å²) in [6.07, 6.45) is 7.27. The van der Waals surface area contributed by atoms with Gasteiger partial charge in [0.1, 0.15) is 6.54 Å². The number of amides is 2. The minimum atomic E-state index is -0.930. The molecule has 5 nitrogen and oxygen atoms in total. The van der Waals surface area contributed by atoms with E-state index in [4.69, 9.17) is 5.11 Å². The summed E-state index contributed by atoms with van der Waals surface area (Å²) in [5, 5.41) is 11.8. The van der Waals surface area contributed by atoms with E-state index in [2.05, 4.69) is 5.32 Å². The first kappa shape index (κ1) is 12.2. The van der Waals surface area contributed by atoms with Crippen LogP contribution in [0.4, 0.5) is 4.79 Å². The van der Waals surface area contributed by atoms with Crippen LogP contribution in [-0.2, 0) is 4.79 Å². The quantitative estimate of drug-likeness (QED) is 0.783. The Morgan fingerprint density at radius 1 is 1.12 bits per heavy atom. The van der Waals surface area contributed by atoms with Crippen LogP contribution in [0.15, 0.2) is 0 Å². The van der Waals surface area contributed by atoms with Crippen molar-refractivity contribution in [2.24, 2.45) is 0 Å². The van der Waals surface area contributed by atoms with Gasteiger partial charge in [-0.25, -0.2) is 4.79 Å². The maximum atomic E-state index is 12.0. The highest BCUT2D eigenvalue weighted by molar-refractivity contribution is 5.80. The van der Waals surface area contributed by atoms with Gasteiger partial charge in [0.15, 0.2) is 0 Å². The van der Waals surface area contributed by atoms with Crippen molar-refractivity contribution in [3.63, 3.8) is 0 Å². The Balaban J connectivity index is 1.92. The van der Waals surface area contributed by atoms with Gasteiger partial charge >= 0.3 is 12.0 Å².